The van der Waals surface area contributed by atoms with E-state index in [4.69, 9.17) is 11.6 Å². The molecule has 136 valence electrons. The Morgan fingerprint density at radius 3 is 2.42 bits per heavy atom. The molecule has 26 heavy (non-hydrogen) atoms. The molecule has 2 atom stereocenters. The Kier molecular flexibility index (Phi) is 5.94. The number of carbonyl (C=O) groups is 2. The molecule has 0 spiro atoms. The Bertz CT molecular complexity index is 761. The number of hydrogen-bond donors (Lipinski definition) is 1. The maximum Gasteiger partial charge on any atom is 0.253 e. The molecule has 4 nitrogen and oxygen atoms in total. The van der Waals surface area contributed by atoms with Crippen LogP contribution in [0, 0.1) is 5.92 Å². The zero-order valence-corrected chi connectivity index (χ0v) is 15.6. The van der Waals surface area contributed by atoms with E-state index in [-0.39, 0.29) is 23.7 Å². The van der Waals surface area contributed by atoms with Crippen LogP contribution in [0.2, 0.25) is 5.02 Å². The molecule has 2 amide bonds. The first-order chi connectivity index (χ1) is 12.6. The highest BCUT2D eigenvalue weighted by molar-refractivity contribution is 6.30. The summed E-state index contributed by atoms with van der Waals surface area (Å²) in [6.07, 6.45) is 0.891. The summed E-state index contributed by atoms with van der Waals surface area (Å²) in [6, 6.07) is 16.8. The van der Waals surface area contributed by atoms with Gasteiger partial charge in [0, 0.05) is 36.1 Å². The van der Waals surface area contributed by atoms with Crippen molar-refractivity contribution in [3.63, 3.8) is 0 Å². The molecule has 0 bridgehead atoms. The number of carbonyl (C=O) groups excluding carboxylic acids is 2. The van der Waals surface area contributed by atoms with E-state index in [9.17, 15) is 9.59 Å². The van der Waals surface area contributed by atoms with Gasteiger partial charge >= 0.3 is 0 Å². The van der Waals surface area contributed by atoms with Gasteiger partial charge in [0.15, 0.2) is 0 Å². The van der Waals surface area contributed by atoms with Gasteiger partial charge in [-0.05, 0) is 36.2 Å². The number of halogens is 1. The molecule has 2 aromatic rings. The van der Waals surface area contributed by atoms with E-state index in [0.29, 0.717) is 30.2 Å². The largest absolute Gasteiger partial charge is 0.356 e. The average molecular weight is 371 g/mol. The smallest absolute Gasteiger partial charge is 0.253 e. The van der Waals surface area contributed by atoms with Crippen LogP contribution in [-0.2, 0) is 4.79 Å². The van der Waals surface area contributed by atoms with E-state index in [1.807, 2.05) is 37.3 Å². The summed E-state index contributed by atoms with van der Waals surface area (Å²) >= 11 is 5.91. The van der Waals surface area contributed by atoms with Gasteiger partial charge in [0.2, 0.25) is 5.91 Å². The van der Waals surface area contributed by atoms with Crippen LogP contribution in [0.5, 0.6) is 0 Å². The van der Waals surface area contributed by atoms with Gasteiger partial charge in [0.1, 0.15) is 0 Å². The van der Waals surface area contributed by atoms with E-state index in [1.165, 1.54) is 0 Å². The van der Waals surface area contributed by atoms with Crippen LogP contribution in [0.4, 0.5) is 0 Å². The number of nitrogens with one attached hydrogen (secondary N) is 1. The normalized spacial score (nSPS) is 19.4. The molecular formula is C21H23ClN2O2. The van der Waals surface area contributed by atoms with Crippen molar-refractivity contribution in [1.29, 1.82) is 0 Å². The van der Waals surface area contributed by atoms with Crippen molar-refractivity contribution in [1.82, 2.24) is 10.2 Å². The SMILES string of the molecule is CCCNC(=O)C1CN(C(=O)c2ccc(Cl)cc2)CC1c1ccccc1. The standard InChI is InChI=1S/C21H23ClN2O2/c1-2-12-23-20(25)19-14-24(13-18(19)15-6-4-3-5-7-15)21(26)16-8-10-17(22)11-9-16/h3-11,18-19H,2,12-14H2,1H3,(H,23,25). The highest BCUT2D eigenvalue weighted by atomic mass is 35.5. The van der Waals surface area contributed by atoms with Gasteiger partial charge in [-0.3, -0.25) is 9.59 Å². The van der Waals surface area contributed by atoms with Gasteiger partial charge in [-0.2, -0.15) is 0 Å². The fourth-order valence-electron chi connectivity index (χ4n) is 3.43. The highest BCUT2D eigenvalue weighted by Gasteiger charge is 2.40. The summed E-state index contributed by atoms with van der Waals surface area (Å²) in [5, 5.41) is 3.59. The molecule has 1 N–H and O–H groups in total. The number of rotatable bonds is 5. The van der Waals surface area contributed by atoms with Crippen LogP contribution in [-0.4, -0.2) is 36.3 Å². The Morgan fingerprint density at radius 1 is 1.08 bits per heavy atom. The molecule has 1 fully saturated rings. The quantitative estimate of drug-likeness (QED) is 0.871. The molecule has 2 aromatic carbocycles. The molecule has 1 saturated heterocycles. The Balaban J connectivity index is 1.82. The zero-order chi connectivity index (χ0) is 18.5. The lowest BCUT2D eigenvalue weighted by molar-refractivity contribution is -0.124. The maximum atomic E-state index is 12.9. The summed E-state index contributed by atoms with van der Waals surface area (Å²) in [4.78, 5) is 27.3. The van der Waals surface area contributed by atoms with Crippen molar-refractivity contribution in [2.75, 3.05) is 19.6 Å². The molecule has 0 aromatic heterocycles. The fraction of sp³-hybridized carbons (Fsp3) is 0.333. The third-order valence-electron chi connectivity index (χ3n) is 4.81. The van der Waals surface area contributed by atoms with Gasteiger partial charge < -0.3 is 10.2 Å². The van der Waals surface area contributed by atoms with Crippen molar-refractivity contribution < 1.29 is 9.59 Å². The lowest BCUT2D eigenvalue weighted by Gasteiger charge is -2.17. The van der Waals surface area contributed by atoms with Gasteiger partial charge in [0.05, 0.1) is 5.92 Å². The first kappa shape index (κ1) is 18.5. The number of amides is 2. The third-order valence-corrected chi connectivity index (χ3v) is 5.06. The molecule has 5 heteroatoms. The summed E-state index contributed by atoms with van der Waals surface area (Å²) in [5.41, 5.74) is 1.69. The maximum absolute atomic E-state index is 12.9. The van der Waals surface area contributed by atoms with Gasteiger partial charge in [-0.1, -0.05) is 48.9 Å². The second-order valence-electron chi connectivity index (χ2n) is 6.63. The molecule has 1 aliphatic rings. The fourth-order valence-corrected chi connectivity index (χ4v) is 3.55. The van der Waals surface area contributed by atoms with E-state index >= 15 is 0 Å². The van der Waals surface area contributed by atoms with Crippen molar-refractivity contribution in [3.8, 4) is 0 Å². The van der Waals surface area contributed by atoms with Crippen LogP contribution in [0.15, 0.2) is 54.6 Å². The zero-order valence-electron chi connectivity index (χ0n) is 14.8. The molecule has 3 rings (SSSR count). The van der Waals surface area contributed by atoms with Crippen molar-refractivity contribution >= 4 is 23.4 Å². The first-order valence-electron chi connectivity index (χ1n) is 8.97. The van der Waals surface area contributed by atoms with E-state index < -0.39 is 0 Å². The van der Waals surface area contributed by atoms with Gasteiger partial charge in [-0.15, -0.1) is 0 Å². The van der Waals surface area contributed by atoms with Crippen molar-refractivity contribution in [3.05, 3.63) is 70.7 Å². The predicted octanol–water partition coefficient (Wildman–Crippen LogP) is 3.72. The Morgan fingerprint density at radius 2 is 1.77 bits per heavy atom. The molecule has 0 aliphatic carbocycles. The molecule has 0 saturated carbocycles. The van der Waals surface area contributed by atoms with E-state index in [0.717, 1.165) is 12.0 Å². The summed E-state index contributed by atoms with van der Waals surface area (Å²) in [5.74, 6) is -0.273. The van der Waals surface area contributed by atoms with Crippen LogP contribution in [0.1, 0.15) is 35.2 Å². The predicted molar refractivity (Wildman–Crippen MR) is 103 cm³/mol. The third kappa shape index (κ3) is 4.07. The average Bonchev–Trinajstić information content (AvgIpc) is 3.12. The lowest BCUT2D eigenvalue weighted by Crippen LogP contribution is -2.36. The molecule has 0 radical (unpaired) electrons. The summed E-state index contributed by atoms with van der Waals surface area (Å²) in [7, 11) is 0. The monoisotopic (exact) mass is 370 g/mol. The van der Waals surface area contributed by atoms with Crippen LogP contribution < -0.4 is 5.32 Å². The number of benzene rings is 2. The number of likely N-dealkylation sites (tertiary alicyclic amines) is 1. The topological polar surface area (TPSA) is 49.4 Å². The summed E-state index contributed by atoms with van der Waals surface area (Å²) in [6.45, 7) is 3.65. The highest BCUT2D eigenvalue weighted by Crippen LogP contribution is 2.33. The molecule has 2 unspecified atom stereocenters. The van der Waals surface area contributed by atoms with Crippen LogP contribution >= 0.6 is 11.6 Å². The van der Waals surface area contributed by atoms with Crippen LogP contribution in [0.25, 0.3) is 0 Å². The molecule has 1 aliphatic heterocycles. The van der Waals surface area contributed by atoms with Crippen LogP contribution in [0.3, 0.4) is 0 Å². The van der Waals surface area contributed by atoms with E-state index in [2.05, 4.69) is 5.32 Å². The Labute approximate surface area is 159 Å². The number of hydrogen-bond acceptors (Lipinski definition) is 2. The van der Waals surface area contributed by atoms with Crippen molar-refractivity contribution in [2.45, 2.75) is 19.3 Å². The molecular weight excluding hydrogens is 348 g/mol. The minimum Gasteiger partial charge on any atom is -0.356 e. The summed E-state index contributed by atoms with van der Waals surface area (Å²) < 4.78 is 0. The second kappa shape index (κ2) is 8.37. The van der Waals surface area contributed by atoms with Crippen molar-refractivity contribution in [2.24, 2.45) is 5.92 Å². The molecule has 1 heterocycles. The van der Waals surface area contributed by atoms with E-state index in [1.54, 1.807) is 29.2 Å². The second-order valence-corrected chi connectivity index (χ2v) is 7.07. The first-order valence-corrected chi connectivity index (χ1v) is 9.35. The minimum absolute atomic E-state index is 0.00399. The van der Waals surface area contributed by atoms with Gasteiger partial charge in [0.25, 0.3) is 5.91 Å². The number of nitrogens with zero attached hydrogens (tertiary/aromatic N) is 1. The lowest BCUT2D eigenvalue weighted by atomic mass is 9.88. The minimum atomic E-state index is -0.236. The van der Waals surface area contributed by atoms with Gasteiger partial charge in [-0.25, -0.2) is 0 Å². The Hall–Kier alpha value is -2.33.